The predicted octanol–water partition coefficient (Wildman–Crippen LogP) is 12.1. The molecule has 4 aromatic rings. The maximum atomic E-state index is 14.6. The molecular formula is C34H23F15O2. The standard InChI is InChI=1S/C34H23F15O2/c35-24-15-20(5-7-22(24)17-11-26(37)30(27(38)12-17)33(44,45)46)50-9-1-3-19(32(41,42)43)4-2-10-51-21-6-8-23(25(36)16-21)18-13-28(39)31(29(40)14-18)34(47,48)49/h5-8,11-16,19H,1-4,9-10H2. The molecule has 276 valence electrons. The molecule has 0 aliphatic carbocycles. The summed E-state index contributed by atoms with van der Waals surface area (Å²) in [5.41, 5.74) is -6.27. The lowest BCUT2D eigenvalue weighted by molar-refractivity contribution is -0.179. The first kappa shape index (κ1) is 39.2. The Labute approximate surface area is 279 Å². The van der Waals surface area contributed by atoms with Crippen LogP contribution in [0.25, 0.3) is 22.3 Å². The molecule has 0 spiro atoms. The van der Waals surface area contributed by atoms with Gasteiger partial charge in [0.1, 0.15) is 57.5 Å². The van der Waals surface area contributed by atoms with Crippen molar-refractivity contribution in [1.29, 1.82) is 0 Å². The van der Waals surface area contributed by atoms with E-state index in [0.717, 1.165) is 36.4 Å². The van der Waals surface area contributed by atoms with Gasteiger partial charge in [0, 0.05) is 23.3 Å². The maximum Gasteiger partial charge on any atom is 0.422 e. The molecule has 0 bridgehead atoms. The molecule has 4 aromatic carbocycles. The van der Waals surface area contributed by atoms with Gasteiger partial charge in [-0.25, -0.2) is 26.3 Å². The summed E-state index contributed by atoms with van der Waals surface area (Å²) in [6, 6.07) is 6.88. The summed E-state index contributed by atoms with van der Waals surface area (Å²) < 4.78 is 213. The van der Waals surface area contributed by atoms with Gasteiger partial charge in [-0.1, -0.05) is 0 Å². The van der Waals surface area contributed by atoms with Crippen molar-refractivity contribution in [2.24, 2.45) is 5.92 Å². The Balaban J connectivity index is 1.28. The molecule has 0 saturated heterocycles. The van der Waals surface area contributed by atoms with Crippen molar-refractivity contribution in [3.05, 3.63) is 107 Å². The predicted molar refractivity (Wildman–Crippen MR) is 153 cm³/mol. The van der Waals surface area contributed by atoms with Crippen LogP contribution >= 0.6 is 0 Å². The molecule has 51 heavy (non-hydrogen) atoms. The molecule has 2 nitrogen and oxygen atoms in total. The summed E-state index contributed by atoms with van der Waals surface area (Å²) in [5.74, 6) is -12.3. The summed E-state index contributed by atoms with van der Waals surface area (Å²) >= 11 is 0. The van der Waals surface area contributed by atoms with Crippen molar-refractivity contribution in [2.75, 3.05) is 13.2 Å². The average molecular weight is 749 g/mol. The van der Waals surface area contributed by atoms with Crippen LogP contribution in [0, 0.1) is 40.8 Å². The van der Waals surface area contributed by atoms with Crippen molar-refractivity contribution >= 4 is 0 Å². The highest BCUT2D eigenvalue weighted by Gasteiger charge is 2.40. The van der Waals surface area contributed by atoms with E-state index >= 15 is 0 Å². The van der Waals surface area contributed by atoms with Crippen molar-refractivity contribution in [1.82, 2.24) is 0 Å². The Morgan fingerprint density at radius 1 is 0.451 bits per heavy atom. The zero-order valence-electron chi connectivity index (χ0n) is 25.6. The summed E-state index contributed by atoms with van der Waals surface area (Å²) in [4.78, 5) is 0. The maximum absolute atomic E-state index is 14.6. The number of hydrogen-bond donors (Lipinski definition) is 0. The van der Waals surface area contributed by atoms with Crippen LogP contribution in [0.5, 0.6) is 11.5 Å². The number of halogens is 15. The normalized spacial score (nSPS) is 12.5. The van der Waals surface area contributed by atoms with Crippen LogP contribution in [-0.4, -0.2) is 19.4 Å². The lowest BCUT2D eigenvalue weighted by Gasteiger charge is -2.20. The molecule has 0 aromatic heterocycles. The van der Waals surface area contributed by atoms with E-state index in [1.807, 2.05) is 0 Å². The highest BCUT2D eigenvalue weighted by molar-refractivity contribution is 5.67. The lowest BCUT2D eigenvalue weighted by Crippen LogP contribution is -2.24. The van der Waals surface area contributed by atoms with Gasteiger partial charge >= 0.3 is 18.5 Å². The third-order valence-corrected chi connectivity index (χ3v) is 7.55. The van der Waals surface area contributed by atoms with Gasteiger partial charge in [-0.15, -0.1) is 0 Å². The van der Waals surface area contributed by atoms with Crippen LogP contribution < -0.4 is 9.47 Å². The fourth-order valence-electron chi connectivity index (χ4n) is 5.15. The Kier molecular flexibility index (Phi) is 11.8. The van der Waals surface area contributed by atoms with Crippen LogP contribution in [-0.2, 0) is 12.4 Å². The number of benzene rings is 4. The molecular weight excluding hydrogens is 725 g/mol. The molecule has 0 fully saturated rings. The van der Waals surface area contributed by atoms with Crippen LogP contribution in [0.4, 0.5) is 65.9 Å². The Morgan fingerprint density at radius 2 is 0.784 bits per heavy atom. The van der Waals surface area contributed by atoms with Crippen molar-refractivity contribution in [3.63, 3.8) is 0 Å². The zero-order chi connectivity index (χ0) is 37.9. The second-order valence-electron chi connectivity index (χ2n) is 11.1. The van der Waals surface area contributed by atoms with E-state index in [0.29, 0.717) is 24.3 Å². The summed E-state index contributed by atoms with van der Waals surface area (Å²) in [6.45, 7) is -0.631. The van der Waals surface area contributed by atoms with E-state index in [1.54, 1.807) is 0 Å². The minimum atomic E-state index is -5.32. The highest BCUT2D eigenvalue weighted by atomic mass is 19.4. The van der Waals surface area contributed by atoms with Crippen LogP contribution in [0.2, 0.25) is 0 Å². The fraction of sp³-hybridized carbons (Fsp3) is 0.294. The molecule has 0 aliphatic rings. The van der Waals surface area contributed by atoms with Crippen molar-refractivity contribution in [3.8, 4) is 33.8 Å². The summed E-state index contributed by atoms with van der Waals surface area (Å²) in [7, 11) is 0. The van der Waals surface area contributed by atoms with E-state index in [-0.39, 0.29) is 37.6 Å². The van der Waals surface area contributed by atoms with Crippen molar-refractivity contribution in [2.45, 2.75) is 44.2 Å². The van der Waals surface area contributed by atoms with E-state index in [1.165, 1.54) is 0 Å². The van der Waals surface area contributed by atoms with Gasteiger partial charge in [0.2, 0.25) is 0 Å². The minimum absolute atomic E-state index is 0.165. The first-order valence-electron chi connectivity index (χ1n) is 14.7. The molecule has 0 amide bonds. The molecule has 0 N–H and O–H groups in total. The quantitative estimate of drug-likeness (QED) is 0.106. The van der Waals surface area contributed by atoms with Gasteiger partial charge in [-0.3, -0.25) is 0 Å². The third kappa shape index (κ3) is 9.82. The first-order chi connectivity index (χ1) is 23.7. The Bertz CT molecular complexity index is 1670. The van der Waals surface area contributed by atoms with Gasteiger partial charge in [-0.2, -0.15) is 39.5 Å². The topological polar surface area (TPSA) is 18.5 Å². The van der Waals surface area contributed by atoms with Crippen LogP contribution in [0.3, 0.4) is 0 Å². The Hall–Kier alpha value is -4.57. The van der Waals surface area contributed by atoms with Crippen LogP contribution in [0.15, 0.2) is 60.7 Å². The van der Waals surface area contributed by atoms with E-state index < -0.39 is 106 Å². The fourth-order valence-corrected chi connectivity index (χ4v) is 5.15. The number of rotatable bonds is 12. The van der Waals surface area contributed by atoms with Gasteiger partial charge in [0.05, 0.1) is 19.1 Å². The number of hydrogen-bond acceptors (Lipinski definition) is 2. The van der Waals surface area contributed by atoms with Gasteiger partial charge in [0.25, 0.3) is 0 Å². The molecule has 0 saturated carbocycles. The second kappa shape index (κ2) is 15.4. The number of alkyl halides is 9. The summed E-state index contributed by atoms with van der Waals surface area (Å²) in [5, 5.41) is 0. The summed E-state index contributed by atoms with van der Waals surface area (Å²) in [6.07, 6.45) is -16.5. The smallest absolute Gasteiger partial charge is 0.422 e. The van der Waals surface area contributed by atoms with E-state index in [4.69, 9.17) is 9.47 Å². The molecule has 0 radical (unpaired) electrons. The molecule has 0 heterocycles. The highest BCUT2D eigenvalue weighted by Crippen LogP contribution is 2.39. The largest absolute Gasteiger partial charge is 0.493 e. The third-order valence-electron chi connectivity index (χ3n) is 7.55. The van der Waals surface area contributed by atoms with E-state index in [2.05, 4.69) is 0 Å². The SMILES string of the molecule is Fc1cc(OCCCC(CCCOc2ccc(-c3cc(F)c(C(F)(F)F)c(F)c3)c(F)c2)C(F)(F)F)ccc1-c1cc(F)c(C(F)(F)F)c(F)c1. The average Bonchev–Trinajstić information content (AvgIpc) is 2.97. The molecule has 0 unspecified atom stereocenters. The van der Waals surface area contributed by atoms with E-state index in [9.17, 15) is 65.9 Å². The van der Waals surface area contributed by atoms with Crippen molar-refractivity contribution < 1.29 is 75.3 Å². The molecule has 0 atom stereocenters. The van der Waals surface area contributed by atoms with Gasteiger partial charge < -0.3 is 9.47 Å². The monoisotopic (exact) mass is 748 g/mol. The zero-order valence-corrected chi connectivity index (χ0v) is 25.6. The minimum Gasteiger partial charge on any atom is -0.493 e. The van der Waals surface area contributed by atoms with Crippen LogP contribution in [0.1, 0.15) is 36.8 Å². The second-order valence-corrected chi connectivity index (χ2v) is 11.1. The Morgan fingerprint density at radius 3 is 1.06 bits per heavy atom. The molecule has 4 rings (SSSR count). The number of ether oxygens (including phenoxy) is 2. The lowest BCUT2D eigenvalue weighted by atomic mass is 9.97. The molecule has 17 heteroatoms. The molecule has 0 aliphatic heterocycles. The first-order valence-corrected chi connectivity index (χ1v) is 14.7. The van der Waals surface area contributed by atoms with Gasteiger partial charge in [0.15, 0.2) is 0 Å². The van der Waals surface area contributed by atoms with Gasteiger partial charge in [-0.05, 0) is 85.3 Å².